The van der Waals surface area contributed by atoms with Gasteiger partial charge in [-0.2, -0.15) is 0 Å². The fourth-order valence-electron chi connectivity index (χ4n) is 2.03. The van der Waals surface area contributed by atoms with Gasteiger partial charge in [-0.05, 0) is 35.4 Å². The molecule has 0 saturated heterocycles. The predicted molar refractivity (Wildman–Crippen MR) is 78.7 cm³/mol. The zero-order valence-electron chi connectivity index (χ0n) is 12.2. The molecule has 20 heavy (non-hydrogen) atoms. The molecule has 2 aromatic rings. The summed E-state index contributed by atoms with van der Waals surface area (Å²) in [7, 11) is 5.03. The average molecular weight is 273 g/mol. The lowest BCUT2D eigenvalue weighted by Crippen LogP contribution is -2.22. The molecule has 4 nitrogen and oxygen atoms in total. The van der Waals surface area contributed by atoms with Crippen molar-refractivity contribution in [1.82, 2.24) is 5.06 Å². The maximum absolute atomic E-state index is 11.9. The molecule has 1 unspecified atom stereocenters. The normalized spacial score (nSPS) is 12.4. The number of carbonyl (C=O) groups excluding carboxylic acids is 1. The number of ether oxygens (including phenoxy) is 1. The van der Waals surface area contributed by atoms with E-state index in [-0.39, 0.29) is 11.9 Å². The van der Waals surface area contributed by atoms with E-state index in [1.165, 1.54) is 5.06 Å². The van der Waals surface area contributed by atoms with Crippen LogP contribution in [-0.2, 0) is 9.63 Å². The van der Waals surface area contributed by atoms with Crippen LogP contribution in [0.25, 0.3) is 10.8 Å². The highest BCUT2D eigenvalue weighted by Crippen LogP contribution is 2.25. The van der Waals surface area contributed by atoms with E-state index in [0.717, 1.165) is 22.1 Å². The largest absolute Gasteiger partial charge is 0.497 e. The van der Waals surface area contributed by atoms with E-state index in [0.29, 0.717) is 0 Å². The molecule has 0 bridgehead atoms. The SMILES string of the molecule is COc1ccc2cc(C(C)C(=O)ON(C)C)ccc2c1. The Labute approximate surface area is 118 Å². The van der Waals surface area contributed by atoms with E-state index < -0.39 is 0 Å². The van der Waals surface area contributed by atoms with Crippen LogP contribution < -0.4 is 4.74 Å². The van der Waals surface area contributed by atoms with Crippen molar-refractivity contribution in [2.24, 2.45) is 0 Å². The Kier molecular flexibility index (Phi) is 4.25. The van der Waals surface area contributed by atoms with Crippen molar-refractivity contribution >= 4 is 16.7 Å². The van der Waals surface area contributed by atoms with Gasteiger partial charge in [0.25, 0.3) is 0 Å². The summed E-state index contributed by atoms with van der Waals surface area (Å²) in [6.45, 7) is 1.84. The topological polar surface area (TPSA) is 38.8 Å². The summed E-state index contributed by atoms with van der Waals surface area (Å²) in [5.41, 5.74) is 0.939. The molecule has 2 rings (SSSR count). The Morgan fingerprint density at radius 2 is 1.75 bits per heavy atom. The molecule has 106 valence electrons. The fraction of sp³-hybridized carbons (Fsp3) is 0.312. The summed E-state index contributed by atoms with van der Waals surface area (Å²) < 4.78 is 5.20. The van der Waals surface area contributed by atoms with Crippen molar-refractivity contribution < 1.29 is 14.4 Å². The van der Waals surface area contributed by atoms with Crippen molar-refractivity contribution in [3.8, 4) is 5.75 Å². The van der Waals surface area contributed by atoms with Crippen LogP contribution in [0.4, 0.5) is 0 Å². The van der Waals surface area contributed by atoms with Crippen molar-refractivity contribution in [2.75, 3.05) is 21.2 Å². The molecule has 0 aromatic heterocycles. The molecule has 0 amide bonds. The number of benzene rings is 2. The highest BCUT2D eigenvalue weighted by molar-refractivity contribution is 5.86. The van der Waals surface area contributed by atoms with Gasteiger partial charge >= 0.3 is 5.97 Å². The van der Waals surface area contributed by atoms with E-state index in [9.17, 15) is 4.79 Å². The first kappa shape index (κ1) is 14.3. The molecule has 0 fully saturated rings. The molecule has 0 aliphatic heterocycles. The van der Waals surface area contributed by atoms with Gasteiger partial charge in [0.2, 0.25) is 0 Å². The lowest BCUT2D eigenvalue weighted by Gasteiger charge is -2.15. The van der Waals surface area contributed by atoms with Crippen LogP contribution in [0.2, 0.25) is 0 Å². The Bertz CT molecular complexity index is 622. The molecule has 0 aliphatic rings. The van der Waals surface area contributed by atoms with E-state index in [4.69, 9.17) is 9.57 Å². The number of hydrogen-bond acceptors (Lipinski definition) is 4. The van der Waals surface area contributed by atoms with E-state index >= 15 is 0 Å². The van der Waals surface area contributed by atoms with Crippen molar-refractivity contribution in [1.29, 1.82) is 0 Å². The fourth-order valence-corrected chi connectivity index (χ4v) is 2.03. The van der Waals surface area contributed by atoms with E-state index in [1.807, 2.05) is 43.3 Å². The van der Waals surface area contributed by atoms with Crippen LogP contribution in [0.15, 0.2) is 36.4 Å². The number of methoxy groups -OCH3 is 1. The Hall–Kier alpha value is -2.07. The highest BCUT2D eigenvalue weighted by atomic mass is 16.7. The van der Waals surface area contributed by atoms with Crippen LogP contribution in [0, 0.1) is 0 Å². The van der Waals surface area contributed by atoms with Crippen LogP contribution >= 0.6 is 0 Å². The van der Waals surface area contributed by atoms with Gasteiger partial charge in [-0.25, -0.2) is 4.79 Å². The molecule has 0 aliphatic carbocycles. The second kappa shape index (κ2) is 5.92. The van der Waals surface area contributed by atoms with E-state index in [2.05, 4.69) is 0 Å². The lowest BCUT2D eigenvalue weighted by atomic mass is 9.98. The minimum atomic E-state index is -0.302. The van der Waals surface area contributed by atoms with Gasteiger partial charge in [0.15, 0.2) is 0 Å². The molecule has 1 atom stereocenters. The van der Waals surface area contributed by atoms with Crippen LogP contribution in [0.1, 0.15) is 18.4 Å². The molecule has 0 heterocycles. The number of fused-ring (bicyclic) bond motifs is 1. The maximum atomic E-state index is 11.9. The van der Waals surface area contributed by atoms with Gasteiger partial charge in [-0.3, -0.25) is 0 Å². The third kappa shape index (κ3) is 3.08. The quantitative estimate of drug-likeness (QED) is 0.803. The Morgan fingerprint density at radius 1 is 1.10 bits per heavy atom. The van der Waals surface area contributed by atoms with E-state index in [1.54, 1.807) is 21.2 Å². The summed E-state index contributed by atoms with van der Waals surface area (Å²) in [6.07, 6.45) is 0. The van der Waals surface area contributed by atoms with Gasteiger partial charge in [0.05, 0.1) is 13.0 Å². The molecule has 0 radical (unpaired) electrons. The van der Waals surface area contributed by atoms with Crippen molar-refractivity contribution in [3.05, 3.63) is 42.0 Å². The molecular formula is C16H19NO3. The molecule has 4 heteroatoms. The molecule has 0 N–H and O–H groups in total. The van der Waals surface area contributed by atoms with Gasteiger partial charge in [0.1, 0.15) is 5.75 Å². The van der Waals surface area contributed by atoms with Crippen molar-refractivity contribution in [2.45, 2.75) is 12.8 Å². The second-order valence-electron chi connectivity index (χ2n) is 4.92. The summed E-state index contributed by atoms with van der Waals surface area (Å²) >= 11 is 0. The first-order valence-corrected chi connectivity index (χ1v) is 6.48. The van der Waals surface area contributed by atoms with Crippen molar-refractivity contribution in [3.63, 3.8) is 0 Å². The zero-order chi connectivity index (χ0) is 14.7. The average Bonchev–Trinajstić information content (AvgIpc) is 2.44. The Morgan fingerprint density at radius 3 is 2.40 bits per heavy atom. The summed E-state index contributed by atoms with van der Waals surface area (Å²) in [5.74, 6) is 0.261. The van der Waals surface area contributed by atoms with Gasteiger partial charge in [0, 0.05) is 14.1 Å². The molecule has 0 saturated carbocycles. The van der Waals surface area contributed by atoms with Gasteiger partial charge in [-0.1, -0.05) is 24.3 Å². The van der Waals surface area contributed by atoms with Crippen LogP contribution in [0.5, 0.6) is 5.75 Å². The summed E-state index contributed by atoms with van der Waals surface area (Å²) in [4.78, 5) is 17.0. The maximum Gasteiger partial charge on any atom is 0.332 e. The molecule has 0 spiro atoms. The first-order chi connectivity index (χ1) is 9.51. The third-order valence-corrected chi connectivity index (χ3v) is 3.20. The zero-order valence-corrected chi connectivity index (χ0v) is 12.2. The molecule has 2 aromatic carbocycles. The van der Waals surface area contributed by atoms with Crippen LogP contribution in [0.3, 0.4) is 0 Å². The smallest absolute Gasteiger partial charge is 0.332 e. The first-order valence-electron chi connectivity index (χ1n) is 6.48. The minimum Gasteiger partial charge on any atom is -0.497 e. The number of carbonyl (C=O) groups is 1. The molecular weight excluding hydrogens is 254 g/mol. The van der Waals surface area contributed by atoms with Gasteiger partial charge in [-0.15, -0.1) is 5.06 Å². The predicted octanol–water partition coefficient (Wildman–Crippen LogP) is 2.97. The second-order valence-corrected chi connectivity index (χ2v) is 4.92. The van der Waals surface area contributed by atoms with Crippen LogP contribution in [-0.4, -0.2) is 32.2 Å². The number of hydroxylamine groups is 2. The number of nitrogens with zero attached hydrogens (tertiary/aromatic N) is 1. The lowest BCUT2D eigenvalue weighted by molar-refractivity contribution is -0.179. The Balaban J connectivity index is 2.29. The minimum absolute atomic E-state index is 0.261. The third-order valence-electron chi connectivity index (χ3n) is 3.20. The standard InChI is InChI=1S/C16H19NO3/c1-11(16(18)20-17(2)3)12-5-6-14-10-15(19-4)8-7-13(14)9-12/h5-11H,1-4H3. The summed E-state index contributed by atoms with van der Waals surface area (Å²) in [5, 5.41) is 3.57. The monoisotopic (exact) mass is 273 g/mol. The van der Waals surface area contributed by atoms with Gasteiger partial charge < -0.3 is 9.57 Å². The highest BCUT2D eigenvalue weighted by Gasteiger charge is 2.18. The summed E-state index contributed by atoms with van der Waals surface area (Å²) in [6, 6.07) is 11.8. The number of rotatable bonds is 4. The number of hydrogen-bond donors (Lipinski definition) is 0.